The fourth-order valence-electron chi connectivity index (χ4n) is 2.56. The number of carbonyl (C=O) groups excluding carboxylic acids is 2. The van der Waals surface area contributed by atoms with E-state index in [0.29, 0.717) is 13.2 Å². The highest BCUT2D eigenvalue weighted by molar-refractivity contribution is 8.01. The number of anilines is 1. The summed E-state index contributed by atoms with van der Waals surface area (Å²) in [5, 5.41) is 5.24. The van der Waals surface area contributed by atoms with E-state index in [1.54, 1.807) is 0 Å². The largest absolute Gasteiger partial charge is 0.353 e. The van der Waals surface area contributed by atoms with Gasteiger partial charge in [0, 0.05) is 17.9 Å². The van der Waals surface area contributed by atoms with Crippen LogP contribution in [0.15, 0.2) is 29.2 Å². The van der Waals surface area contributed by atoms with E-state index in [9.17, 15) is 9.59 Å². The molecule has 2 aliphatic heterocycles. The van der Waals surface area contributed by atoms with E-state index >= 15 is 0 Å². The quantitative estimate of drug-likeness (QED) is 0.876. The lowest BCUT2D eigenvalue weighted by Crippen LogP contribution is -2.38. The van der Waals surface area contributed by atoms with Gasteiger partial charge in [0.25, 0.3) is 0 Å². The van der Waals surface area contributed by atoms with Gasteiger partial charge >= 0.3 is 0 Å². The summed E-state index contributed by atoms with van der Waals surface area (Å²) < 4.78 is 11.1. The predicted octanol–water partition coefficient (Wildman–Crippen LogP) is 1.76. The second-order valence-corrected chi connectivity index (χ2v) is 7.30. The SMILES string of the molecule is CC1(C)OC[C@H](CNC(=O)C[C@H]2Sc3ccccc3NC2=O)O1. The molecule has 124 valence electrons. The number of amides is 2. The molecule has 0 radical (unpaired) electrons. The van der Waals surface area contributed by atoms with E-state index in [1.165, 1.54) is 11.8 Å². The van der Waals surface area contributed by atoms with Crippen molar-refractivity contribution in [3.05, 3.63) is 24.3 Å². The number of rotatable bonds is 4. The summed E-state index contributed by atoms with van der Waals surface area (Å²) in [4.78, 5) is 25.2. The van der Waals surface area contributed by atoms with Crippen molar-refractivity contribution in [1.82, 2.24) is 5.32 Å². The maximum atomic E-state index is 12.1. The number of hydrogen-bond acceptors (Lipinski definition) is 5. The van der Waals surface area contributed by atoms with Crippen LogP contribution < -0.4 is 10.6 Å². The molecule has 0 unspecified atom stereocenters. The molecule has 2 N–H and O–H groups in total. The van der Waals surface area contributed by atoms with Gasteiger partial charge in [0.15, 0.2) is 5.79 Å². The van der Waals surface area contributed by atoms with Crippen molar-refractivity contribution >= 4 is 29.3 Å². The lowest BCUT2D eigenvalue weighted by atomic mass is 10.2. The molecule has 1 saturated heterocycles. The van der Waals surface area contributed by atoms with Crippen molar-refractivity contribution < 1.29 is 19.1 Å². The second-order valence-electron chi connectivity index (χ2n) is 6.05. The lowest BCUT2D eigenvalue weighted by molar-refractivity contribution is -0.139. The molecule has 3 rings (SSSR count). The number of thioether (sulfide) groups is 1. The molecule has 23 heavy (non-hydrogen) atoms. The zero-order valence-corrected chi connectivity index (χ0v) is 13.9. The molecule has 7 heteroatoms. The average molecular weight is 336 g/mol. The maximum absolute atomic E-state index is 12.1. The van der Waals surface area contributed by atoms with Crippen molar-refractivity contribution in [2.45, 2.75) is 42.3 Å². The van der Waals surface area contributed by atoms with E-state index in [0.717, 1.165) is 10.6 Å². The van der Waals surface area contributed by atoms with Crippen molar-refractivity contribution in [2.75, 3.05) is 18.5 Å². The number of carbonyl (C=O) groups is 2. The summed E-state index contributed by atoms with van der Waals surface area (Å²) in [5.74, 6) is -0.895. The number of ether oxygens (including phenoxy) is 2. The Morgan fingerprint density at radius 3 is 2.96 bits per heavy atom. The van der Waals surface area contributed by atoms with Crippen LogP contribution in [0.5, 0.6) is 0 Å². The molecule has 0 aromatic heterocycles. The van der Waals surface area contributed by atoms with Crippen molar-refractivity contribution in [3.8, 4) is 0 Å². The molecule has 0 bridgehead atoms. The molecular formula is C16H20N2O4S. The molecule has 1 aromatic rings. The summed E-state index contributed by atoms with van der Waals surface area (Å²) in [6.45, 7) is 4.53. The molecule has 2 heterocycles. The average Bonchev–Trinajstić information content (AvgIpc) is 2.85. The zero-order valence-electron chi connectivity index (χ0n) is 13.1. The zero-order chi connectivity index (χ0) is 16.4. The first kappa shape index (κ1) is 16.3. The summed E-state index contributed by atoms with van der Waals surface area (Å²) in [6, 6.07) is 7.59. The van der Waals surface area contributed by atoms with Crippen LogP contribution in [-0.2, 0) is 19.1 Å². The van der Waals surface area contributed by atoms with Crippen molar-refractivity contribution in [2.24, 2.45) is 0 Å². The predicted molar refractivity (Wildman–Crippen MR) is 87.2 cm³/mol. The Hall–Kier alpha value is -1.57. The molecular weight excluding hydrogens is 316 g/mol. The third-order valence-electron chi connectivity index (χ3n) is 3.67. The Morgan fingerprint density at radius 2 is 2.22 bits per heavy atom. The van der Waals surface area contributed by atoms with Gasteiger partial charge in [0.05, 0.1) is 17.5 Å². The third-order valence-corrected chi connectivity index (χ3v) is 4.95. The van der Waals surface area contributed by atoms with Crippen LogP contribution in [0.25, 0.3) is 0 Å². The van der Waals surface area contributed by atoms with E-state index in [4.69, 9.17) is 9.47 Å². The van der Waals surface area contributed by atoms with Crippen LogP contribution >= 0.6 is 11.8 Å². The molecule has 0 aliphatic carbocycles. The standard InChI is InChI=1S/C16H20N2O4S/c1-16(2)21-9-10(22-16)8-17-14(19)7-13-15(20)18-11-5-3-4-6-12(11)23-13/h3-6,10,13H,7-9H2,1-2H3,(H,17,19)(H,18,20)/t10-,13+/m0/s1. The first-order chi connectivity index (χ1) is 10.9. The normalized spacial score (nSPS) is 25.6. The molecule has 2 atom stereocenters. The van der Waals surface area contributed by atoms with Crippen LogP contribution in [-0.4, -0.2) is 42.1 Å². The number of hydrogen-bond donors (Lipinski definition) is 2. The smallest absolute Gasteiger partial charge is 0.238 e. The van der Waals surface area contributed by atoms with Gasteiger partial charge in [-0.25, -0.2) is 0 Å². The van der Waals surface area contributed by atoms with E-state index in [1.807, 2.05) is 38.1 Å². The summed E-state index contributed by atoms with van der Waals surface area (Å²) in [6.07, 6.45) is -0.00977. The van der Waals surface area contributed by atoms with E-state index < -0.39 is 11.0 Å². The Morgan fingerprint density at radius 1 is 1.43 bits per heavy atom. The van der Waals surface area contributed by atoms with E-state index in [-0.39, 0.29) is 24.3 Å². The molecule has 0 saturated carbocycles. The molecule has 6 nitrogen and oxygen atoms in total. The van der Waals surface area contributed by atoms with Gasteiger partial charge < -0.3 is 20.1 Å². The minimum absolute atomic E-state index is 0.134. The van der Waals surface area contributed by atoms with E-state index in [2.05, 4.69) is 10.6 Å². The van der Waals surface area contributed by atoms with Crippen LogP contribution in [0.4, 0.5) is 5.69 Å². The number of nitrogens with one attached hydrogen (secondary N) is 2. The van der Waals surface area contributed by atoms with Gasteiger partial charge in [-0.05, 0) is 26.0 Å². The van der Waals surface area contributed by atoms with Gasteiger partial charge in [0.2, 0.25) is 11.8 Å². The fourth-order valence-corrected chi connectivity index (χ4v) is 3.67. The molecule has 1 aromatic carbocycles. The Bertz CT molecular complexity index is 620. The summed E-state index contributed by atoms with van der Waals surface area (Å²) in [5.41, 5.74) is 0.804. The maximum Gasteiger partial charge on any atom is 0.238 e. The molecule has 2 aliphatic rings. The van der Waals surface area contributed by atoms with Gasteiger partial charge in [0.1, 0.15) is 6.10 Å². The number of para-hydroxylation sites is 1. The minimum atomic E-state index is -0.599. The van der Waals surface area contributed by atoms with Crippen LogP contribution in [0.3, 0.4) is 0 Å². The minimum Gasteiger partial charge on any atom is -0.353 e. The summed E-state index contributed by atoms with van der Waals surface area (Å²) >= 11 is 1.42. The Kier molecular flexibility index (Phi) is 4.61. The topological polar surface area (TPSA) is 76.7 Å². The Balaban J connectivity index is 1.50. The molecule has 1 fully saturated rings. The molecule has 2 amide bonds. The highest BCUT2D eigenvalue weighted by Gasteiger charge is 2.33. The van der Waals surface area contributed by atoms with Gasteiger partial charge in [-0.2, -0.15) is 0 Å². The first-order valence-electron chi connectivity index (χ1n) is 7.58. The van der Waals surface area contributed by atoms with Crippen LogP contribution in [0, 0.1) is 0 Å². The highest BCUT2D eigenvalue weighted by atomic mass is 32.2. The summed E-state index contributed by atoms with van der Waals surface area (Å²) in [7, 11) is 0. The second kappa shape index (κ2) is 6.51. The highest BCUT2D eigenvalue weighted by Crippen LogP contribution is 2.36. The van der Waals surface area contributed by atoms with Gasteiger partial charge in [-0.1, -0.05) is 12.1 Å². The lowest BCUT2D eigenvalue weighted by Gasteiger charge is -2.23. The number of fused-ring (bicyclic) bond motifs is 1. The third kappa shape index (κ3) is 4.04. The van der Waals surface area contributed by atoms with Crippen LogP contribution in [0.1, 0.15) is 20.3 Å². The fraction of sp³-hybridized carbons (Fsp3) is 0.500. The van der Waals surface area contributed by atoms with Gasteiger partial charge in [-0.3, -0.25) is 9.59 Å². The van der Waals surface area contributed by atoms with Crippen molar-refractivity contribution in [1.29, 1.82) is 0 Å². The Labute approximate surface area is 139 Å². The van der Waals surface area contributed by atoms with Gasteiger partial charge in [-0.15, -0.1) is 11.8 Å². The van der Waals surface area contributed by atoms with Crippen LogP contribution in [0.2, 0.25) is 0 Å². The molecule has 0 spiro atoms. The first-order valence-corrected chi connectivity index (χ1v) is 8.46. The monoisotopic (exact) mass is 336 g/mol. The number of benzene rings is 1. The van der Waals surface area contributed by atoms with Crippen molar-refractivity contribution in [3.63, 3.8) is 0 Å².